The number of aliphatic hydroxyl groups is 11. The minimum atomic E-state index is -5.19. The zero-order valence-electron chi connectivity index (χ0n) is 47.4. The summed E-state index contributed by atoms with van der Waals surface area (Å²) in [5.74, 6) is -0.430. The minimum Gasteiger partial charge on any atom is -0.456 e. The van der Waals surface area contributed by atoms with Gasteiger partial charge in [-0.2, -0.15) is 8.42 Å². The molecule has 5 aliphatic heterocycles. The summed E-state index contributed by atoms with van der Waals surface area (Å²) < 4.78 is 97.9. The van der Waals surface area contributed by atoms with Gasteiger partial charge in [-0.15, -0.1) is 0 Å². The quantitative estimate of drug-likeness (QED) is 0.0345. The fourth-order valence-corrected chi connectivity index (χ4v) is 16.9. The second kappa shape index (κ2) is 23.1. The third kappa shape index (κ3) is 10.4. The zero-order valence-corrected chi connectivity index (χ0v) is 48.2. The van der Waals surface area contributed by atoms with Crippen molar-refractivity contribution >= 4 is 16.4 Å². The summed E-state index contributed by atoms with van der Waals surface area (Å²) in [5, 5.41) is 125. The molecule has 28 atom stereocenters. The number of esters is 1. The lowest BCUT2D eigenvalue weighted by molar-refractivity contribution is -0.389. The molecule has 0 aromatic rings. The molecule has 81 heavy (non-hydrogen) atoms. The Morgan fingerprint density at radius 2 is 1.30 bits per heavy atom. The predicted molar refractivity (Wildman–Crippen MR) is 274 cm³/mol. The predicted octanol–water partition coefficient (Wildman–Crippen LogP) is -1.40. The van der Waals surface area contributed by atoms with Gasteiger partial charge >= 0.3 is 16.4 Å². The van der Waals surface area contributed by atoms with E-state index in [4.69, 9.17) is 51.6 Å². The maximum atomic E-state index is 14.5. The Morgan fingerprint density at radius 3 is 1.90 bits per heavy atom. The highest BCUT2D eigenvalue weighted by molar-refractivity contribution is 7.80. The molecule has 27 heteroatoms. The van der Waals surface area contributed by atoms with Crippen LogP contribution in [-0.2, 0) is 66.7 Å². The zero-order chi connectivity index (χ0) is 59.5. The first-order chi connectivity index (χ1) is 37.8. The maximum Gasteiger partial charge on any atom is 0.397 e. The van der Waals surface area contributed by atoms with Gasteiger partial charge in [-0.05, 0) is 99.2 Å². The molecule has 14 unspecified atom stereocenters. The largest absolute Gasteiger partial charge is 0.456 e. The van der Waals surface area contributed by atoms with Gasteiger partial charge in [0.05, 0.1) is 38.1 Å². The monoisotopic (exact) mass is 1180 g/mol. The summed E-state index contributed by atoms with van der Waals surface area (Å²) in [7, 11) is -4.01. The molecular weight excluding hydrogens is 1100 g/mol. The summed E-state index contributed by atoms with van der Waals surface area (Å²) >= 11 is 0. The molecule has 5 saturated heterocycles. The second-order valence-corrected chi connectivity index (χ2v) is 27.1. The van der Waals surface area contributed by atoms with E-state index in [0.717, 1.165) is 18.4 Å². The third-order valence-corrected chi connectivity index (χ3v) is 21.3. The fraction of sp³-hybridized carbons (Fsp3) is 0.944. The van der Waals surface area contributed by atoms with E-state index in [1.54, 1.807) is 0 Å². The first-order valence-electron chi connectivity index (χ1n) is 28.5. The van der Waals surface area contributed by atoms with Crippen LogP contribution in [-0.4, -0.2) is 242 Å². The van der Waals surface area contributed by atoms with Crippen molar-refractivity contribution in [3.8, 4) is 0 Å². The highest BCUT2D eigenvalue weighted by Crippen LogP contribution is 2.77. The molecule has 9 rings (SSSR count). The molecule has 466 valence electrons. The van der Waals surface area contributed by atoms with Crippen molar-refractivity contribution in [3.63, 3.8) is 0 Å². The van der Waals surface area contributed by atoms with E-state index < -0.39 is 198 Å². The Kier molecular flexibility index (Phi) is 18.2. The first-order valence-corrected chi connectivity index (χ1v) is 29.9. The van der Waals surface area contributed by atoms with Gasteiger partial charge in [0.25, 0.3) is 0 Å². The molecule has 4 aliphatic carbocycles. The lowest BCUT2D eigenvalue weighted by atomic mass is 9.40. The van der Waals surface area contributed by atoms with Crippen LogP contribution < -0.4 is 0 Å². The summed E-state index contributed by atoms with van der Waals surface area (Å²) in [4.78, 5) is 14.5. The SMILES string of the molecule is COC1C(O)[C@H](OC2C(O)[C@H](O[C@@H]3C(C)O[C@@H](OC4C(O)[C@H](OS(=O)(=O)O)CO[C@H]4O[C@H]4CC[C@]5(C)C6=CC(O)C78C(=O)O[C@@](C)(CCCC(C)C)[C@@]7(O)CC[C@@]8(C)[C@@H]6CCC5C4(C)C)C(O)C3O)OC(CO)[C@H]2O)OC(CO)[C@H]1O. The van der Waals surface area contributed by atoms with Crippen LogP contribution >= 0.6 is 0 Å². The number of aliphatic hydroxyl groups excluding tert-OH is 10. The Hall–Kier alpha value is -1.72. The fourth-order valence-electron chi connectivity index (χ4n) is 16.4. The van der Waals surface area contributed by atoms with Crippen LogP contribution in [0.3, 0.4) is 0 Å². The van der Waals surface area contributed by atoms with Gasteiger partial charge in [0, 0.05) is 7.11 Å². The standard InChI is InChI=1S/C54H88O26S/c1-23(2)11-10-15-52(8)53(66)18-17-51(7)25-12-13-30-49(4,5)32(14-16-50(30,6)26(25)19-31(57)54(51,53)48(65)79-52)75-47-43(35(60)29(22-71-47)80-81(67,68)69)78-44-37(62)36(61)40(24(3)72-44)76-46-39(64)42(34(59)28(21-56)74-46)77-45-38(63)41(70-9)33(58)27(20-55)73-45/h19,23-25,27-47,55-64,66H,10-18,20-22H2,1-9H3,(H,67,68,69)/t24?,25-,27?,28?,29-,30?,31?,32+,33-,34-,35?,36?,37?,38?,39?,40-,41?,42?,43?,44+,45+,46+,47+,50-,51+,52+,53+,54?/m1/s1. The number of ether oxygens (including phenoxy) is 10. The number of methoxy groups -OCH3 is 1. The Bertz CT molecular complexity index is 2380. The summed E-state index contributed by atoms with van der Waals surface area (Å²) in [5.41, 5.74) is -5.44. The lowest BCUT2D eigenvalue weighted by Gasteiger charge is -2.64. The average Bonchev–Trinajstić information content (AvgIpc) is 1.78. The molecule has 0 amide bonds. The van der Waals surface area contributed by atoms with Gasteiger partial charge < -0.3 is 104 Å². The third-order valence-electron chi connectivity index (χ3n) is 20.8. The normalized spacial score (nSPS) is 51.7. The summed E-state index contributed by atoms with van der Waals surface area (Å²) in [6.45, 7) is 13.5. The van der Waals surface area contributed by atoms with Crippen molar-refractivity contribution in [2.24, 2.45) is 39.4 Å². The number of carbonyl (C=O) groups excluding carboxylic acids is 1. The van der Waals surface area contributed by atoms with Crippen molar-refractivity contribution in [1.29, 1.82) is 0 Å². The molecule has 0 bridgehead atoms. The van der Waals surface area contributed by atoms with Crippen molar-refractivity contribution in [2.75, 3.05) is 26.9 Å². The van der Waals surface area contributed by atoms with Gasteiger partial charge in [0.2, 0.25) is 0 Å². The van der Waals surface area contributed by atoms with Crippen molar-refractivity contribution < 1.29 is 125 Å². The molecule has 1 spiro atoms. The van der Waals surface area contributed by atoms with Crippen LogP contribution in [0.25, 0.3) is 0 Å². The number of hydrogen-bond donors (Lipinski definition) is 12. The smallest absolute Gasteiger partial charge is 0.397 e. The number of cyclic esters (lactones) is 1. The van der Waals surface area contributed by atoms with E-state index in [-0.39, 0.29) is 11.8 Å². The molecule has 0 aromatic carbocycles. The molecule has 3 saturated carbocycles. The summed E-state index contributed by atoms with van der Waals surface area (Å²) in [6, 6.07) is 0. The molecular formula is C54H88O26S. The van der Waals surface area contributed by atoms with Gasteiger partial charge in [0.15, 0.2) is 25.2 Å². The second-order valence-electron chi connectivity index (χ2n) is 26.0. The van der Waals surface area contributed by atoms with Crippen LogP contribution in [0.15, 0.2) is 11.6 Å². The van der Waals surface area contributed by atoms with Gasteiger partial charge in [-0.25, -0.2) is 4.18 Å². The van der Waals surface area contributed by atoms with Crippen molar-refractivity contribution in [1.82, 2.24) is 0 Å². The van der Waals surface area contributed by atoms with Crippen molar-refractivity contribution in [3.05, 3.63) is 11.6 Å². The topological polar surface area (TPSA) is 396 Å². The lowest BCUT2D eigenvalue weighted by Crippen LogP contribution is -2.68. The van der Waals surface area contributed by atoms with E-state index in [2.05, 4.69) is 20.8 Å². The van der Waals surface area contributed by atoms with E-state index >= 15 is 0 Å². The average molecular weight is 1190 g/mol. The van der Waals surface area contributed by atoms with Gasteiger partial charge in [-0.1, -0.05) is 59.6 Å². The Labute approximate surface area is 471 Å². The number of fused-ring (bicyclic) bond motifs is 4. The van der Waals surface area contributed by atoms with Gasteiger partial charge in [0.1, 0.15) is 102 Å². The maximum absolute atomic E-state index is 14.5. The van der Waals surface area contributed by atoms with Crippen LogP contribution in [0.5, 0.6) is 0 Å². The molecule has 9 aliphatic rings. The van der Waals surface area contributed by atoms with E-state index in [9.17, 15) is 73.9 Å². The highest BCUT2D eigenvalue weighted by atomic mass is 32.3. The molecule has 8 fully saturated rings. The molecule has 5 heterocycles. The van der Waals surface area contributed by atoms with Crippen LogP contribution in [0.2, 0.25) is 0 Å². The minimum absolute atomic E-state index is 0.111. The molecule has 0 aromatic heterocycles. The van der Waals surface area contributed by atoms with E-state index in [1.165, 1.54) is 14.0 Å². The van der Waals surface area contributed by atoms with Crippen LogP contribution in [0.1, 0.15) is 113 Å². The van der Waals surface area contributed by atoms with E-state index in [1.807, 2.05) is 33.8 Å². The number of allylic oxidation sites excluding steroid dienone is 1. The van der Waals surface area contributed by atoms with E-state index in [0.29, 0.717) is 50.9 Å². The van der Waals surface area contributed by atoms with Crippen LogP contribution in [0.4, 0.5) is 0 Å². The molecule has 12 N–H and O–H groups in total. The number of carbonyl (C=O) groups is 1. The van der Waals surface area contributed by atoms with Gasteiger partial charge in [-0.3, -0.25) is 9.35 Å². The van der Waals surface area contributed by atoms with Crippen LogP contribution in [0, 0.1) is 39.4 Å². The molecule has 26 nitrogen and oxygen atoms in total. The molecule has 0 radical (unpaired) electrons. The summed E-state index contributed by atoms with van der Waals surface area (Å²) in [6.07, 6.45) is -27.3. The van der Waals surface area contributed by atoms with Crippen molar-refractivity contribution in [2.45, 2.75) is 253 Å². The first kappa shape index (κ1) is 63.8. The highest BCUT2D eigenvalue weighted by Gasteiger charge is 2.85. The Balaban J connectivity index is 0.911. The Morgan fingerprint density at radius 1 is 0.704 bits per heavy atom. The number of rotatable bonds is 17. The number of hydrogen-bond acceptors (Lipinski definition) is 25.